The first-order valence-electron chi connectivity index (χ1n) is 6.32. The lowest BCUT2D eigenvalue weighted by atomic mass is 10.0. The summed E-state index contributed by atoms with van der Waals surface area (Å²) in [4.78, 5) is 22.4. The summed E-state index contributed by atoms with van der Waals surface area (Å²) >= 11 is 0. The van der Waals surface area contributed by atoms with Crippen LogP contribution in [0.4, 0.5) is 0 Å². The lowest BCUT2D eigenvalue weighted by molar-refractivity contribution is -0.135. The van der Waals surface area contributed by atoms with E-state index < -0.39 is 5.97 Å². The molecule has 0 aromatic heterocycles. The fourth-order valence-electron chi connectivity index (χ4n) is 1.59. The van der Waals surface area contributed by atoms with Crippen LogP contribution in [0, 0.1) is 0 Å². The summed E-state index contributed by atoms with van der Waals surface area (Å²) in [6, 6.07) is 7.17. The van der Waals surface area contributed by atoms with Crippen LogP contribution in [0.15, 0.2) is 24.3 Å². The zero-order chi connectivity index (χ0) is 14.1. The molecule has 0 radical (unpaired) electrons. The van der Waals surface area contributed by atoms with Gasteiger partial charge in [0.1, 0.15) is 5.94 Å². The van der Waals surface area contributed by atoms with Crippen molar-refractivity contribution in [1.29, 1.82) is 0 Å². The molecule has 0 amide bonds. The molecule has 0 heterocycles. The van der Waals surface area contributed by atoms with Gasteiger partial charge < -0.3 is 9.47 Å². The van der Waals surface area contributed by atoms with Crippen LogP contribution in [0.5, 0.6) is 0 Å². The average molecular weight is 262 g/mol. The van der Waals surface area contributed by atoms with Crippen molar-refractivity contribution in [2.75, 3.05) is 19.8 Å². The molecule has 102 valence electrons. The standard InChI is InChI=1S/C15H18O4/c1-3-18-10-9-12-5-7-13(8-6-12)14(11-16)15(17)19-4-2/h5-8H,3-4,9-10H2,1-2H3. The van der Waals surface area contributed by atoms with Gasteiger partial charge in [-0.1, -0.05) is 24.3 Å². The van der Waals surface area contributed by atoms with Crippen molar-refractivity contribution >= 4 is 17.5 Å². The Balaban J connectivity index is 2.74. The van der Waals surface area contributed by atoms with E-state index in [2.05, 4.69) is 0 Å². The van der Waals surface area contributed by atoms with E-state index in [0.717, 1.165) is 12.0 Å². The van der Waals surface area contributed by atoms with Crippen LogP contribution < -0.4 is 0 Å². The first kappa shape index (κ1) is 15.2. The highest BCUT2D eigenvalue weighted by Gasteiger charge is 2.14. The summed E-state index contributed by atoms with van der Waals surface area (Å²) in [5, 5.41) is 0. The van der Waals surface area contributed by atoms with Crippen molar-refractivity contribution in [2.24, 2.45) is 0 Å². The molecule has 0 aliphatic rings. The fraction of sp³-hybridized carbons (Fsp3) is 0.400. The van der Waals surface area contributed by atoms with Crippen LogP contribution in [0.1, 0.15) is 25.0 Å². The Morgan fingerprint density at radius 3 is 2.37 bits per heavy atom. The largest absolute Gasteiger partial charge is 0.462 e. The third-order valence-electron chi connectivity index (χ3n) is 2.56. The number of hydrogen-bond donors (Lipinski definition) is 0. The number of carbonyl (C=O) groups excluding carboxylic acids is 2. The van der Waals surface area contributed by atoms with E-state index in [-0.39, 0.29) is 12.2 Å². The monoisotopic (exact) mass is 262 g/mol. The van der Waals surface area contributed by atoms with Crippen LogP contribution in [0.2, 0.25) is 0 Å². The van der Waals surface area contributed by atoms with Crippen molar-refractivity contribution in [3.8, 4) is 0 Å². The number of esters is 1. The topological polar surface area (TPSA) is 52.6 Å². The number of ether oxygens (including phenoxy) is 2. The number of benzene rings is 1. The highest BCUT2D eigenvalue weighted by atomic mass is 16.5. The van der Waals surface area contributed by atoms with Gasteiger partial charge in [-0.05, 0) is 25.8 Å². The lowest BCUT2D eigenvalue weighted by Crippen LogP contribution is -2.07. The smallest absolute Gasteiger partial charge is 0.350 e. The van der Waals surface area contributed by atoms with Crippen LogP contribution in [0.3, 0.4) is 0 Å². The fourth-order valence-corrected chi connectivity index (χ4v) is 1.59. The van der Waals surface area contributed by atoms with Gasteiger partial charge in [-0.25, -0.2) is 9.59 Å². The van der Waals surface area contributed by atoms with Crippen molar-refractivity contribution in [1.82, 2.24) is 0 Å². The summed E-state index contributed by atoms with van der Waals surface area (Å²) in [6.45, 7) is 5.22. The molecule has 0 aliphatic heterocycles. The van der Waals surface area contributed by atoms with Crippen molar-refractivity contribution in [3.05, 3.63) is 35.4 Å². The van der Waals surface area contributed by atoms with E-state index >= 15 is 0 Å². The maximum Gasteiger partial charge on any atom is 0.350 e. The minimum atomic E-state index is -0.639. The predicted molar refractivity (Wildman–Crippen MR) is 72.4 cm³/mol. The molecule has 1 rings (SSSR count). The van der Waals surface area contributed by atoms with Gasteiger partial charge in [0.2, 0.25) is 0 Å². The minimum absolute atomic E-state index is 0.0711. The Bertz CT molecular complexity index is 456. The molecular formula is C15H18O4. The highest BCUT2D eigenvalue weighted by Crippen LogP contribution is 2.14. The Kier molecular flexibility index (Phi) is 6.58. The minimum Gasteiger partial charge on any atom is -0.462 e. The normalized spacial score (nSPS) is 9.79. The Hall–Kier alpha value is -1.90. The molecule has 1 aromatic carbocycles. The molecular weight excluding hydrogens is 244 g/mol. The van der Waals surface area contributed by atoms with Gasteiger partial charge in [-0.3, -0.25) is 0 Å². The van der Waals surface area contributed by atoms with Crippen molar-refractivity contribution in [3.63, 3.8) is 0 Å². The van der Waals surface area contributed by atoms with Crippen LogP contribution in [0.25, 0.3) is 5.57 Å². The molecule has 0 N–H and O–H groups in total. The van der Waals surface area contributed by atoms with Crippen molar-refractivity contribution in [2.45, 2.75) is 20.3 Å². The second kappa shape index (κ2) is 8.25. The molecule has 0 aliphatic carbocycles. The number of hydrogen-bond acceptors (Lipinski definition) is 4. The van der Waals surface area contributed by atoms with E-state index in [1.54, 1.807) is 25.0 Å². The van der Waals surface area contributed by atoms with Crippen molar-refractivity contribution < 1.29 is 19.1 Å². The molecule has 19 heavy (non-hydrogen) atoms. The Morgan fingerprint density at radius 1 is 1.16 bits per heavy atom. The SMILES string of the molecule is CCOCCc1ccc(C(=C=O)C(=O)OCC)cc1. The summed E-state index contributed by atoms with van der Waals surface area (Å²) in [6.07, 6.45) is 0.799. The first-order chi connectivity index (χ1) is 9.22. The molecule has 0 bridgehead atoms. The molecule has 0 fully saturated rings. The van der Waals surface area contributed by atoms with Gasteiger partial charge in [0, 0.05) is 12.2 Å². The van der Waals surface area contributed by atoms with E-state index in [1.807, 2.05) is 19.1 Å². The van der Waals surface area contributed by atoms with Gasteiger partial charge in [-0.2, -0.15) is 0 Å². The maximum atomic E-state index is 11.5. The predicted octanol–water partition coefficient (Wildman–Crippen LogP) is 2.04. The van der Waals surface area contributed by atoms with Crippen LogP contribution in [-0.2, 0) is 25.5 Å². The molecule has 4 heteroatoms. The third-order valence-corrected chi connectivity index (χ3v) is 2.56. The zero-order valence-corrected chi connectivity index (χ0v) is 11.3. The van der Waals surface area contributed by atoms with Gasteiger partial charge >= 0.3 is 5.97 Å². The molecule has 0 atom stereocenters. The lowest BCUT2D eigenvalue weighted by Gasteiger charge is -2.05. The summed E-state index contributed by atoms with van der Waals surface area (Å²) in [5.41, 5.74) is 1.54. The average Bonchev–Trinajstić information content (AvgIpc) is 2.42. The summed E-state index contributed by atoms with van der Waals surface area (Å²) < 4.78 is 10.1. The van der Waals surface area contributed by atoms with Gasteiger partial charge in [-0.15, -0.1) is 0 Å². The molecule has 0 saturated heterocycles. The van der Waals surface area contributed by atoms with Crippen LogP contribution >= 0.6 is 0 Å². The Morgan fingerprint density at radius 2 is 1.84 bits per heavy atom. The number of carbonyl (C=O) groups is 1. The van der Waals surface area contributed by atoms with Gasteiger partial charge in [0.25, 0.3) is 0 Å². The zero-order valence-electron chi connectivity index (χ0n) is 11.3. The molecule has 1 aromatic rings. The Labute approximate surface area is 113 Å². The quantitative estimate of drug-likeness (QED) is 0.326. The third kappa shape index (κ3) is 4.70. The van der Waals surface area contributed by atoms with E-state index in [1.165, 1.54) is 0 Å². The van der Waals surface area contributed by atoms with E-state index in [4.69, 9.17) is 9.47 Å². The highest BCUT2D eigenvalue weighted by molar-refractivity contribution is 6.25. The molecule has 0 saturated carbocycles. The molecule has 4 nitrogen and oxygen atoms in total. The second-order valence-corrected chi connectivity index (χ2v) is 3.84. The van der Waals surface area contributed by atoms with Gasteiger partial charge in [0.05, 0.1) is 13.2 Å². The molecule has 0 spiro atoms. The molecule has 0 unspecified atom stereocenters. The second-order valence-electron chi connectivity index (χ2n) is 3.84. The van der Waals surface area contributed by atoms with Gasteiger partial charge in [0.15, 0.2) is 5.57 Å². The van der Waals surface area contributed by atoms with E-state index in [9.17, 15) is 9.59 Å². The summed E-state index contributed by atoms with van der Waals surface area (Å²) in [5.74, 6) is 1.00. The van der Waals surface area contributed by atoms with E-state index in [0.29, 0.717) is 18.8 Å². The first-order valence-corrected chi connectivity index (χ1v) is 6.32. The number of rotatable bonds is 7. The van der Waals surface area contributed by atoms with Crippen LogP contribution in [-0.4, -0.2) is 31.7 Å². The summed E-state index contributed by atoms with van der Waals surface area (Å²) in [7, 11) is 0. The maximum absolute atomic E-state index is 11.5.